The summed E-state index contributed by atoms with van der Waals surface area (Å²) in [5.74, 6) is -2.36. The molecule has 1 atom stereocenters. The number of hydrogen-bond donors (Lipinski definition) is 2. The number of aromatic amines is 1. The molecule has 2 aliphatic rings. The molecule has 35 heavy (non-hydrogen) atoms. The highest BCUT2D eigenvalue weighted by Crippen LogP contribution is 2.40. The van der Waals surface area contributed by atoms with Crippen molar-refractivity contribution in [3.8, 4) is 0 Å². The number of Topliss-reactive ketones (excluding diaryl/α,β-unsaturated/α-hetero) is 1. The van der Waals surface area contributed by atoms with E-state index in [-0.39, 0.29) is 23.6 Å². The van der Waals surface area contributed by atoms with Crippen LogP contribution in [0.15, 0.2) is 30.0 Å². The molecule has 0 spiro atoms. The van der Waals surface area contributed by atoms with Crippen molar-refractivity contribution in [3.63, 3.8) is 0 Å². The minimum atomic E-state index is -0.850. The lowest BCUT2D eigenvalue weighted by Gasteiger charge is -2.30. The predicted octanol–water partition coefficient (Wildman–Crippen LogP) is 1.96. The van der Waals surface area contributed by atoms with E-state index in [1.807, 2.05) is 0 Å². The zero-order valence-electron chi connectivity index (χ0n) is 20.2. The van der Waals surface area contributed by atoms with E-state index in [1.54, 1.807) is 45.2 Å². The summed E-state index contributed by atoms with van der Waals surface area (Å²) < 4.78 is 10.5. The molecule has 2 aromatic rings. The molecule has 0 aliphatic carbocycles. The smallest absolute Gasteiger partial charge is 0.355 e. The van der Waals surface area contributed by atoms with Gasteiger partial charge < -0.3 is 24.5 Å². The van der Waals surface area contributed by atoms with Crippen LogP contribution in [0.2, 0.25) is 0 Å². The van der Waals surface area contributed by atoms with E-state index < -0.39 is 23.7 Å². The van der Waals surface area contributed by atoms with Crippen LogP contribution in [0, 0.1) is 13.8 Å². The first-order chi connectivity index (χ1) is 16.8. The number of rotatable bonds is 7. The third-order valence-electron chi connectivity index (χ3n) is 6.42. The Labute approximate surface area is 203 Å². The molecule has 10 nitrogen and oxygen atoms in total. The standard InChI is InChI=1S/C25H30N4O6/c1-4-35-25(33)20-15(2)18(16(3)27-20)22(30)19-21(17-7-5-6-8-26-17)29(24(32)23(19)31)10-9-28-11-13-34-14-12-28/h5-8,21,27,30H,4,9-14H2,1-3H3/b22-19-. The van der Waals surface area contributed by atoms with Crippen LogP contribution in [0.1, 0.15) is 46.0 Å². The third-order valence-corrected chi connectivity index (χ3v) is 6.42. The molecule has 0 radical (unpaired) electrons. The van der Waals surface area contributed by atoms with Gasteiger partial charge in [-0.15, -0.1) is 0 Å². The molecule has 0 saturated carbocycles. The van der Waals surface area contributed by atoms with Gasteiger partial charge in [0.05, 0.1) is 31.1 Å². The van der Waals surface area contributed by atoms with E-state index in [0.29, 0.717) is 48.8 Å². The molecule has 4 rings (SSSR count). The highest BCUT2D eigenvalue weighted by atomic mass is 16.5. The summed E-state index contributed by atoms with van der Waals surface area (Å²) in [7, 11) is 0. The predicted molar refractivity (Wildman–Crippen MR) is 127 cm³/mol. The van der Waals surface area contributed by atoms with Crippen molar-refractivity contribution in [3.05, 3.63) is 58.2 Å². The Hall–Kier alpha value is -3.50. The quantitative estimate of drug-likeness (QED) is 0.266. The second kappa shape index (κ2) is 10.4. The monoisotopic (exact) mass is 482 g/mol. The summed E-state index contributed by atoms with van der Waals surface area (Å²) in [6.07, 6.45) is 1.59. The van der Waals surface area contributed by atoms with Crippen molar-refractivity contribution in [1.82, 2.24) is 19.8 Å². The van der Waals surface area contributed by atoms with Gasteiger partial charge in [0, 0.05) is 43.6 Å². The van der Waals surface area contributed by atoms with Gasteiger partial charge in [-0.1, -0.05) is 6.07 Å². The van der Waals surface area contributed by atoms with Gasteiger partial charge in [0.15, 0.2) is 0 Å². The number of carbonyl (C=O) groups excluding carboxylic acids is 3. The van der Waals surface area contributed by atoms with Gasteiger partial charge in [0.2, 0.25) is 0 Å². The number of likely N-dealkylation sites (tertiary alicyclic amines) is 1. The van der Waals surface area contributed by atoms with Crippen molar-refractivity contribution in [2.45, 2.75) is 26.8 Å². The number of nitrogens with one attached hydrogen (secondary N) is 1. The topological polar surface area (TPSA) is 125 Å². The summed E-state index contributed by atoms with van der Waals surface area (Å²) in [5.41, 5.74) is 1.87. The maximum Gasteiger partial charge on any atom is 0.355 e. The van der Waals surface area contributed by atoms with Crippen LogP contribution in [-0.4, -0.2) is 88.5 Å². The van der Waals surface area contributed by atoms with Gasteiger partial charge in [-0.05, 0) is 38.5 Å². The minimum absolute atomic E-state index is 0.0451. The Balaban J connectivity index is 1.77. The molecule has 2 aromatic heterocycles. The van der Waals surface area contributed by atoms with Crippen molar-refractivity contribution >= 4 is 23.4 Å². The number of aromatic nitrogens is 2. The fraction of sp³-hybridized carbons (Fsp3) is 0.440. The maximum absolute atomic E-state index is 13.3. The molecule has 4 heterocycles. The highest BCUT2D eigenvalue weighted by molar-refractivity contribution is 6.46. The summed E-state index contributed by atoms with van der Waals surface area (Å²) in [6, 6.07) is 4.40. The van der Waals surface area contributed by atoms with E-state index in [9.17, 15) is 19.5 Å². The highest BCUT2D eigenvalue weighted by Gasteiger charge is 2.47. The number of morpholine rings is 1. The number of amides is 1. The number of esters is 1. The zero-order valence-corrected chi connectivity index (χ0v) is 20.2. The number of aryl methyl sites for hydroxylation is 1. The molecule has 2 N–H and O–H groups in total. The normalized spacial score (nSPS) is 20.4. The van der Waals surface area contributed by atoms with E-state index >= 15 is 0 Å². The first-order valence-electron chi connectivity index (χ1n) is 11.7. The maximum atomic E-state index is 13.3. The molecule has 1 amide bonds. The molecule has 186 valence electrons. The van der Waals surface area contributed by atoms with Crippen LogP contribution in [0.25, 0.3) is 5.76 Å². The van der Waals surface area contributed by atoms with Crippen LogP contribution in [-0.2, 0) is 19.1 Å². The molecule has 0 bridgehead atoms. The Morgan fingerprint density at radius 3 is 2.63 bits per heavy atom. The van der Waals surface area contributed by atoms with Gasteiger partial charge in [-0.3, -0.25) is 19.5 Å². The van der Waals surface area contributed by atoms with Gasteiger partial charge in [-0.25, -0.2) is 4.79 Å². The lowest BCUT2D eigenvalue weighted by atomic mass is 9.96. The number of ketones is 1. The van der Waals surface area contributed by atoms with Crippen molar-refractivity contribution in [2.75, 3.05) is 46.0 Å². The van der Waals surface area contributed by atoms with Crippen molar-refractivity contribution in [1.29, 1.82) is 0 Å². The summed E-state index contributed by atoms with van der Waals surface area (Å²) in [4.78, 5) is 49.8. The van der Waals surface area contributed by atoms with E-state index in [1.165, 1.54) is 4.90 Å². The average Bonchev–Trinajstić information content (AvgIpc) is 3.30. The van der Waals surface area contributed by atoms with Crippen LogP contribution in [0.4, 0.5) is 0 Å². The number of carbonyl (C=O) groups is 3. The SMILES string of the molecule is CCOC(=O)c1[nH]c(C)c(/C(O)=C2/C(=O)C(=O)N(CCN3CCOCC3)C2c2ccccn2)c1C. The number of ether oxygens (including phenoxy) is 2. The number of H-pyrrole nitrogens is 1. The Morgan fingerprint density at radius 1 is 1.23 bits per heavy atom. The van der Waals surface area contributed by atoms with Gasteiger partial charge in [0.25, 0.3) is 11.7 Å². The van der Waals surface area contributed by atoms with E-state index in [4.69, 9.17) is 9.47 Å². The average molecular weight is 483 g/mol. The summed E-state index contributed by atoms with van der Waals surface area (Å²) in [5, 5.41) is 11.4. The molecule has 2 fully saturated rings. The second-order valence-corrected chi connectivity index (χ2v) is 8.55. The summed E-state index contributed by atoms with van der Waals surface area (Å²) >= 11 is 0. The minimum Gasteiger partial charge on any atom is -0.507 e. The third kappa shape index (κ3) is 4.71. The molecule has 1 unspecified atom stereocenters. The van der Waals surface area contributed by atoms with Crippen LogP contribution < -0.4 is 0 Å². The fourth-order valence-corrected chi connectivity index (χ4v) is 4.68. The number of nitrogens with zero attached hydrogens (tertiary/aromatic N) is 3. The first-order valence-corrected chi connectivity index (χ1v) is 11.7. The number of aliphatic hydroxyl groups excluding tert-OH is 1. The Kier molecular flexibility index (Phi) is 7.32. The fourth-order valence-electron chi connectivity index (χ4n) is 4.68. The second-order valence-electron chi connectivity index (χ2n) is 8.55. The van der Waals surface area contributed by atoms with Gasteiger partial charge >= 0.3 is 5.97 Å². The van der Waals surface area contributed by atoms with Crippen LogP contribution >= 0.6 is 0 Å². The number of hydrogen-bond acceptors (Lipinski definition) is 8. The van der Waals surface area contributed by atoms with Crippen LogP contribution in [0.5, 0.6) is 0 Å². The van der Waals surface area contributed by atoms with Crippen molar-refractivity contribution < 1.29 is 29.0 Å². The Bertz CT molecular complexity index is 1150. The Morgan fingerprint density at radius 2 is 1.97 bits per heavy atom. The molecule has 2 saturated heterocycles. The lowest BCUT2D eigenvalue weighted by Crippen LogP contribution is -2.42. The number of aliphatic hydroxyl groups is 1. The van der Waals surface area contributed by atoms with E-state index in [2.05, 4.69) is 14.9 Å². The molecule has 2 aliphatic heterocycles. The molecule has 0 aromatic carbocycles. The van der Waals surface area contributed by atoms with E-state index in [0.717, 1.165) is 13.1 Å². The molecular weight excluding hydrogens is 452 g/mol. The molecular formula is C25H30N4O6. The largest absolute Gasteiger partial charge is 0.507 e. The van der Waals surface area contributed by atoms with Crippen LogP contribution in [0.3, 0.4) is 0 Å². The van der Waals surface area contributed by atoms with Gasteiger partial charge in [-0.2, -0.15) is 0 Å². The first kappa shape index (κ1) is 24.6. The summed E-state index contributed by atoms with van der Waals surface area (Å²) in [6.45, 7) is 8.85. The zero-order chi connectivity index (χ0) is 25.1. The van der Waals surface area contributed by atoms with Crippen molar-refractivity contribution in [2.24, 2.45) is 0 Å². The lowest BCUT2D eigenvalue weighted by molar-refractivity contribution is -0.140. The molecule has 10 heteroatoms. The van der Waals surface area contributed by atoms with Gasteiger partial charge in [0.1, 0.15) is 17.5 Å². The number of pyridine rings is 1.